The molecule has 0 radical (unpaired) electrons. The molecule has 1 amide bonds. The number of carbonyl (C=O) groups is 1. The van der Waals surface area contributed by atoms with Gasteiger partial charge in [-0.25, -0.2) is 9.98 Å². The van der Waals surface area contributed by atoms with Gasteiger partial charge in [0.1, 0.15) is 12.4 Å². The van der Waals surface area contributed by atoms with Crippen LogP contribution in [0.15, 0.2) is 27.8 Å². The van der Waals surface area contributed by atoms with Crippen molar-refractivity contribution in [2.75, 3.05) is 26.2 Å². The number of furan rings is 1. The highest BCUT2D eigenvalue weighted by Crippen LogP contribution is 2.14. The van der Waals surface area contributed by atoms with Crippen molar-refractivity contribution in [1.29, 1.82) is 0 Å². The van der Waals surface area contributed by atoms with Crippen LogP contribution in [0.4, 0.5) is 0 Å². The minimum absolute atomic E-state index is 0.0999. The number of aliphatic imine (C=N–C) groups is 1. The van der Waals surface area contributed by atoms with E-state index in [-0.39, 0.29) is 12.5 Å². The van der Waals surface area contributed by atoms with Crippen LogP contribution < -0.4 is 10.6 Å². The highest BCUT2D eigenvalue weighted by molar-refractivity contribution is 5.86. The molecule has 134 valence electrons. The summed E-state index contributed by atoms with van der Waals surface area (Å²) in [7, 11) is 0. The van der Waals surface area contributed by atoms with E-state index in [4.69, 9.17) is 4.42 Å². The summed E-state index contributed by atoms with van der Waals surface area (Å²) >= 11 is 0. The number of likely N-dealkylation sites (tertiary alicyclic amines) is 1. The zero-order valence-electron chi connectivity index (χ0n) is 14.3. The topological polar surface area (TPSA) is 111 Å². The van der Waals surface area contributed by atoms with Crippen LogP contribution in [-0.4, -0.2) is 58.1 Å². The van der Waals surface area contributed by atoms with Crippen LogP contribution in [0.1, 0.15) is 25.6 Å². The molecule has 1 fully saturated rings. The summed E-state index contributed by atoms with van der Waals surface area (Å²) in [5, 5.41) is 13.1. The first-order valence-electron chi connectivity index (χ1n) is 8.51. The third-order valence-corrected chi connectivity index (χ3v) is 3.87. The number of H-pyrrole nitrogens is 1. The van der Waals surface area contributed by atoms with E-state index in [0.717, 1.165) is 25.9 Å². The summed E-state index contributed by atoms with van der Waals surface area (Å²) in [5.41, 5.74) is 0. The zero-order chi connectivity index (χ0) is 17.5. The van der Waals surface area contributed by atoms with Gasteiger partial charge >= 0.3 is 0 Å². The number of guanidine groups is 1. The lowest BCUT2D eigenvalue weighted by atomic mass is 10.4. The van der Waals surface area contributed by atoms with Gasteiger partial charge in [-0.05, 0) is 31.9 Å². The highest BCUT2D eigenvalue weighted by Gasteiger charge is 2.17. The number of amides is 1. The van der Waals surface area contributed by atoms with Crippen LogP contribution in [0.3, 0.4) is 0 Å². The average molecular weight is 345 g/mol. The van der Waals surface area contributed by atoms with E-state index in [9.17, 15) is 4.79 Å². The third kappa shape index (κ3) is 4.59. The van der Waals surface area contributed by atoms with Crippen molar-refractivity contribution in [3.63, 3.8) is 0 Å². The van der Waals surface area contributed by atoms with Crippen molar-refractivity contribution < 1.29 is 9.21 Å². The van der Waals surface area contributed by atoms with Crippen LogP contribution in [0.5, 0.6) is 0 Å². The van der Waals surface area contributed by atoms with Crippen LogP contribution in [-0.2, 0) is 11.3 Å². The molecule has 9 nitrogen and oxygen atoms in total. The van der Waals surface area contributed by atoms with Gasteiger partial charge in [-0.15, -0.1) is 5.10 Å². The van der Waals surface area contributed by atoms with Crippen molar-refractivity contribution in [2.24, 2.45) is 4.99 Å². The summed E-state index contributed by atoms with van der Waals surface area (Å²) in [6, 6.07) is 3.58. The van der Waals surface area contributed by atoms with Gasteiger partial charge in [-0.1, -0.05) is 0 Å². The Bertz CT molecular complexity index is 702. The van der Waals surface area contributed by atoms with E-state index in [1.807, 2.05) is 11.8 Å². The van der Waals surface area contributed by atoms with Crippen molar-refractivity contribution in [3.05, 3.63) is 24.2 Å². The van der Waals surface area contributed by atoms with Crippen molar-refractivity contribution in [3.8, 4) is 11.6 Å². The first-order valence-corrected chi connectivity index (χ1v) is 8.51. The first kappa shape index (κ1) is 17.0. The molecule has 3 rings (SSSR count). The highest BCUT2D eigenvalue weighted by atomic mass is 16.3. The number of hydrogen-bond acceptors (Lipinski definition) is 5. The van der Waals surface area contributed by atoms with Gasteiger partial charge in [0.2, 0.25) is 11.7 Å². The molecule has 0 atom stereocenters. The number of aromatic nitrogens is 3. The van der Waals surface area contributed by atoms with Crippen LogP contribution in [0.25, 0.3) is 11.6 Å². The molecule has 0 spiro atoms. The summed E-state index contributed by atoms with van der Waals surface area (Å²) in [6.07, 6.45) is 3.75. The standard InChI is InChI=1S/C16H23N7O2/c1-2-17-16(19-11-14(24)23-7-3-4-8-23)18-10-13-20-15(22-21-13)12-6-5-9-25-12/h5-6,9H,2-4,7-8,10-11H2,1H3,(H2,17,18,19)(H,20,21,22). The molecule has 0 aliphatic carbocycles. The van der Waals surface area contributed by atoms with Gasteiger partial charge in [0, 0.05) is 19.6 Å². The number of aromatic amines is 1. The quantitative estimate of drug-likeness (QED) is 0.526. The largest absolute Gasteiger partial charge is 0.461 e. The Morgan fingerprint density at radius 3 is 2.96 bits per heavy atom. The first-order chi connectivity index (χ1) is 12.3. The van der Waals surface area contributed by atoms with E-state index < -0.39 is 0 Å². The summed E-state index contributed by atoms with van der Waals surface area (Å²) in [4.78, 5) is 22.8. The monoisotopic (exact) mass is 345 g/mol. The Morgan fingerprint density at radius 1 is 1.40 bits per heavy atom. The molecular weight excluding hydrogens is 322 g/mol. The molecule has 0 saturated carbocycles. The van der Waals surface area contributed by atoms with Crippen LogP contribution in [0, 0.1) is 0 Å². The molecule has 0 bridgehead atoms. The fourth-order valence-electron chi connectivity index (χ4n) is 2.62. The van der Waals surface area contributed by atoms with Gasteiger partial charge in [0.15, 0.2) is 11.7 Å². The molecule has 25 heavy (non-hydrogen) atoms. The lowest BCUT2D eigenvalue weighted by molar-refractivity contribution is -0.128. The second-order valence-corrected chi connectivity index (χ2v) is 5.72. The molecule has 2 aromatic rings. The normalized spacial score (nSPS) is 14.8. The van der Waals surface area contributed by atoms with Crippen LogP contribution >= 0.6 is 0 Å². The number of carbonyl (C=O) groups excluding carboxylic acids is 1. The van der Waals surface area contributed by atoms with E-state index in [1.54, 1.807) is 18.4 Å². The smallest absolute Gasteiger partial charge is 0.241 e. The lowest BCUT2D eigenvalue weighted by Crippen LogP contribution is -2.44. The van der Waals surface area contributed by atoms with Crippen LogP contribution in [0.2, 0.25) is 0 Å². The lowest BCUT2D eigenvalue weighted by Gasteiger charge is -2.17. The van der Waals surface area contributed by atoms with E-state index in [1.165, 1.54) is 0 Å². The van der Waals surface area contributed by atoms with Crippen molar-refractivity contribution in [2.45, 2.75) is 26.3 Å². The minimum atomic E-state index is 0.0999. The predicted octanol–water partition coefficient (Wildman–Crippen LogP) is 0.742. The Hall–Kier alpha value is -2.84. The maximum absolute atomic E-state index is 12.1. The number of hydrogen-bond donors (Lipinski definition) is 3. The number of nitrogens with one attached hydrogen (secondary N) is 3. The molecule has 1 aliphatic rings. The second-order valence-electron chi connectivity index (χ2n) is 5.72. The number of rotatable bonds is 6. The Morgan fingerprint density at radius 2 is 2.24 bits per heavy atom. The van der Waals surface area contributed by atoms with Gasteiger partial charge in [-0.2, -0.15) is 0 Å². The molecule has 1 saturated heterocycles. The Labute approximate surface area is 145 Å². The zero-order valence-corrected chi connectivity index (χ0v) is 14.3. The van der Waals surface area contributed by atoms with E-state index in [0.29, 0.717) is 36.5 Å². The Balaban J connectivity index is 1.55. The molecule has 3 N–H and O–H groups in total. The molecule has 9 heteroatoms. The van der Waals surface area contributed by atoms with E-state index >= 15 is 0 Å². The fraction of sp³-hybridized carbons (Fsp3) is 0.500. The summed E-state index contributed by atoms with van der Waals surface area (Å²) < 4.78 is 5.26. The molecule has 1 aliphatic heterocycles. The molecule has 0 unspecified atom stereocenters. The molecule has 2 aromatic heterocycles. The van der Waals surface area contributed by atoms with Crippen molar-refractivity contribution >= 4 is 11.9 Å². The number of nitrogens with zero attached hydrogens (tertiary/aromatic N) is 4. The molecular formula is C16H23N7O2. The second kappa shape index (κ2) is 8.32. The van der Waals surface area contributed by atoms with Gasteiger partial charge in [-0.3, -0.25) is 9.89 Å². The fourth-order valence-corrected chi connectivity index (χ4v) is 2.62. The van der Waals surface area contributed by atoms with Crippen molar-refractivity contribution in [1.82, 2.24) is 30.7 Å². The van der Waals surface area contributed by atoms with Gasteiger partial charge in [0.25, 0.3) is 0 Å². The molecule has 0 aromatic carbocycles. The van der Waals surface area contributed by atoms with Gasteiger partial charge in [0.05, 0.1) is 12.8 Å². The maximum atomic E-state index is 12.1. The SMILES string of the molecule is CCNC(=NCc1nc(-c2ccco2)n[nH]1)NCC(=O)N1CCCC1. The summed E-state index contributed by atoms with van der Waals surface area (Å²) in [6.45, 7) is 4.94. The third-order valence-electron chi connectivity index (χ3n) is 3.87. The van der Waals surface area contributed by atoms with E-state index in [2.05, 4.69) is 30.8 Å². The Kier molecular flexibility index (Phi) is 5.65. The van der Waals surface area contributed by atoms with Gasteiger partial charge < -0.3 is 20.0 Å². The molecule has 3 heterocycles. The average Bonchev–Trinajstić information content (AvgIpc) is 3.38. The summed E-state index contributed by atoms with van der Waals surface area (Å²) in [5.74, 6) is 2.40. The maximum Gasteiger partial charge on any atom is 0.241 e. The predicted molar refractivity (Wildman–Crippen MR) is 92.7 cm³/mol. The minimum Gasteiger partial charge on any atom is -0.461 e.